The minimum Gasteiger partial charge on any atom is -0.503 e. The van der Waals surface area contributed by atoms with Crippen molar-refractivity contribution >= 4 is 38.6 Å². The van der Waals surface area contributed by atoms with Gasteiger partial charge in [-0.15, -0.1) is 0 Å². The summed E-state index contributed by atoms with van der Waals surface area (Å²) in [5, 5.41) is 11.5. The molecule has 0 spiro atoms. The summed E-state index contributed by atoms with van der Waals surface area (Å²) in [4.78, 5) is 28.1. The molecule has 172 valence electrons. The highest BCUT2D eigenvalue weighted by Gasteiger charge is 2.44. The van der Waals surface area contributed by atoms with Crippen LogP contribution in [0.25, 0.3) is 11.0 Å². The van der Waals surface area contributed by atoms with E-state index < -0.39 is 23.5 Å². The van der Waals surface area contributed by atoms with Gasteiger partial charge in [0.1, 0.15) is 11.3 Å². The van der Waals surface area contributed by atoms with Crippen LogP contribution in [0.5, 0.6) is 5.75 Å². The molecular weight excluding hydrogens is 490 g/mol. The molecule has 1 aromatic heterocycles. The number of aliphatic hydroxyl groups excluding tert-OH is 1. The first-order valence-electron chi connectivity index (χ1n) is 10.6. The number of amides is 1. The van der Waals surface area contributed by atoms with Crippen LogP contribution in [0.3, 0.4) is 0 Å². The van der Waals surface area contributed by atoms with Crippen LogP contribution in [-0.4, -0.2) is 48.6 Å². The summed E-state index contributed by atoms with van der Waals surface area (Å²) in [5.41, 5.74) is 1.19. The second-order valence-electron chi connectivity index (χ2n) is 7.64. The van der Waals surface area contributed by atoms with Gasteiger partial charge in [-0.05, 0) is 55.3 Å². The molecular formula is C25H24BrNO6. The van der Waals surface area contributed by atoms with Crippen molar-refractivity contribution in [2.24, 2.45) is 0 Å². The zero-order valence-electron chi connectivity index (χ0n) is 18.3. The third-order valence-electron chi connectivity index (χ3n) is 5.48. The highest BCUT2D eigenvalue weighted by atomic mass is 79.9. The number of furan rings is 1. The van der Waals surface area contributed by atoms with Crippen LogP contribution in [0, 0.1) is 0 Å². The summed E-state index contributed by atoms with van der Waals surface area (Å²) in [6, 6.07) is 13.5. The summed E-state index contributed by atoms with van der Waals surface area (Å²) in [6.07, 6.45) is 0.553. The first kappa shape index (κ1) is 23.1. The Balaban J connectivity index is 1.77. The molecule has 0 aliphatic carbocycles. The molecule has 3 aromatic rings. The quantitative estimate of drug-likeness (QED) is 0.312. The Morgan fingerprint density at radius 3 is 2.79 bits per heavy atom. The standard InChI is InChI=1S/C25H24BrNO6/c1-3-32-18-7-4-6-15(13-18)22-21(24(29)25(30)27(22)10-5-11-31-2)23(28)20-14-16-12-17(26)8-9-19(16)33-20/h4,6-9,12-14,22,29H,3,5,10-11H2,1-2H3. The van der Waals surface area contributed by atoms with Gasteiger partial charge in [0.2, 0.25) is 5.78 Å². The molecule has 8 heteroatoms. The average Bonchev–Trinajstić information content (AvgIpc) is 3.33. The van der Waals surface area contributed by atoms with Gasteiger partial charge < -0.3 is 23.9 Å². The van der Waals surface area contributed by atoms with Gasteiger partial charge in [0.25, 0.3) is 5.91 Å². The Bertz CT molecular complexity index is 1230. The van der Waals surface area contributed by atoms with E-state index in [1.54, 1.807) is 37.4 Å². The smallest absolute Gasteiger partial charge is 0.290 e. The number of ketones is 1. The Hall–Kier alpha value is -3.10. The van der Waals surface area contributed by atoms with E-state index in [2.05, 4.69) is 15.9 Å². The number of carbonyl (C=O) groups excluding carboxylic acids is 2. The fourth-order valence-electron chi connectivity index (χ4n) is 4.04. The van der Waals surface area contributed by atoms with Crippen molar-refractivity contribution in [3.05, 3.63) is 75.7 Å². The molecule has 33 heavy (non-hydrogen) atoms. The predicted molar refractivity (Wildman–Crippen MR) is 126 cm³/mol. The first-order valence-corrected chi connectivity index (χ1v) is 11.4. The van der Waals surface area contributed by atoms with E-state index in [1.165, 1.54) is 4.90 Å². The second-order valence-corrected chi connectivity index (χ2v) is 8.55. The molecule has 4 rings (SSSR count). The maximum absolute atomic E-state index is 13.6. The molecule has 0 radical (unpaired) electrons. The Labute approximate surface area is 199 Å². The highest BCUT2D eigenvalue weighted by Crippen LogP contribution is 2.40. The summed E-state index contributed by atoms with van der Waals surface area (Å²) >= 11 is 3.41. The molecule has 2 heterocycles. The molecule has 0 saturated heterocycles. The number of hydrogen-bond donors (Lipinski definition) is 1. The molecule has 1 aliphatic heterocycles. The number of halogens is 1. The number of fused-ring (bicyclic) bond motifs is 1. The summed E-state index contributed by atoms with van der Waals surface area (Å²) in [6.45, 7) is 3.11. The molecule has 1 aliphatic rings. The van der Waals surface area contributed by atoms with Gasteiger partial charge in [0, 0.05) is 30.1 Å². The van der Waals surface area contributed by atoms with Crippen molar-refractivity contribution in [2.75, 3.05) is 26.9 Å². The average molecular weight is 514 g/mol. The third-order valence-corrected chi connectivity index (χ3v) is 5.98. The first-order chi connectivity index (χ1) is 15.9. The molecule has 0 bridgehead atoms. The van der Waals surface area contributed by atoms with Crippen LogP contribution in [0.2, 0.25) is 0 Å². The molecule has 1 N–H and O–H groups in total. The maximum atomic E-state index is 13.6. The Morgan fingerprint density at radius 1 is 1.21 bits per heavy atom. The number of rotatable bonds is 9. The molecule has 0 saturated carbocycles. The van der Waals surface area contributed by atoms with Gasteiger partial charge in [-0.3, -0.25) is 9.59 Å². The van der Waals surface area contributed by atoms with E-state index >= 15 is 0 Å². The van der Waals surface area contributed by atoms with E-state index in [-0.39, 0.29) is 11.3 Å². The van der Waals surface area contributed by atoms with Crippen LogP contribution < -0.4 is 4.74 Å². The van der Waals surface area contributed by atoms with Crippen LogP contribution in [-0.2, 0) is 9.53 Å². The Morgan fingerprint density at radius 2 is 2.03 bits per heavy atom. The summed E-state index contributed by atoms with van der Waals surface area (Å²) in [7, 11) is 1.58. The molecule has 1 atom stereocenters. The minimum absolute atomic E-state index is 0.0100. The Kier molecular flexibility index (Phi) is 6.85. The van der Waals surface area contributed by atoms with E-state index in [0.717, 1.165) is 9.86 Å². The van der Waals surface area contributed by atoms with Gasteiger partial charge in [-0.25, -0.2) is 0 Å². The largest absolute Gasteiger partial charge is 0.503 e. The zero-order chi connectivity index (χ0) is 23.5. The molecule has 1 unspecified atom stereocenters. The monoisotopic (exact) mass is 513 g/mol. The van der Waals surface area contributed by atoms with Gasteiger partial charge >= 0.3 is 0 Å². The van der Waals surface area contributed by atoms with Crippen molar-refractivity contribution in [2.45, 2.75) is 19.4 Å². The van der Waals surface area contributed by atoms with Crippen molar-refractivity contribution in [3.63, 3.8) is 0 Å². The normalized spacial score (nSPS) is 16.2. The maximum Gasteiger partial charge on any atom is 0.290 e. The number of ether oxygens (including phenoxy) is 2. The number of aliphatic hydroxyl groups is 1. The second kappa shape index (κ2) is 9.80. The highest BCUT2D eigenvalue weighted by molar-refractivity contribution is 9.10. The van der Waals surface area contributed by atoms with E-state index in [9.17, 15) is 14.7 Å². The van der Waals surface area contributed by atoms with Crippen molar-refractivity contribution in [1.29, 1.82) is 0 Å². The molecule has 0 fully saturated rings. The number of carbonyl (C=O) groups is 2. The lowest BCUT2D eigenvalue weighted by molar-refractivity contribution is -0.129. The SMILES string of the molecule is CCOc1cccc(C2C(C(=O)c3cc4cc(Br)ccc4o3)=C(O)C(=O)N2CCCOC)c1. The fraction of sp³-hybridized carbons (Fsp3) is 0.280. The van der Waals surface area contributed by atoms with E-state index in [1.807, 2.05) is 25.1 Å². The zero-order valence-corrected chi connectivity index (χ0v) is 19.9. The number of nitrogens with zero attached hydrogens (tertiary/aromatic N) is 1. The van der Waals surface area contributed by atoms with Crippen molar-refractivity contribution < 1.29 is 28.6 Å². The van der Waals surface area contributed by atoms with Crippen LogP contribution in [0.4, 0.5) is 0 Å². The topological polar surface area (TPSA) is 89.2 Å². The predicted octanol–water partition coefficient (Wildman–Crippen LogP) is 5.21. The minimum atomic E-state index is -0.776. The number of benzene rings is 2. The number of hydrogen-bond acceptors (Lipinski definition) is 6. The third kappa shape index (κ3) is 4.54. The summed E-state index contributed by atoms with van der Waals surface area (Å²) < 4.78 is 17.4. The van der Waals surface area contributed by atoms with Crippen LogP contribution in [0.15, 0.2) is 68.8 Å². The van der Waals surface area contributed by atoms with Gasteiger partial charge in [-0.2, -0.15) is 0 Å². The van der Waals surface area contributed by atoms with Gasteiger partial charge in [0.15, 0.2) is 11.5 Å². The molecule has 7 nitrogen and oxygen atoms in total. The fourth-order valence-corrected chi connectivity index (χ4v) is 4.42. The van der Waals surface area contributed by atoms with E-state index in [4.69, 9.17) is 13.9 Å². The van der Waals surface area contributed by atoms with Crippen LogP contribution >= 0.6 is 15.9 Å². The van der Waals surface area contributed by atoms with E-state index in [0.29, 0.717) is 43.1 Å². The van der Waals surface area contributed by atoms with Crippen molar-refractivity contribution in [3.8, 4) is 5.75 Å². The molecule has 2 aromatic carbocycles. The number of Topliss-reactive ketones (excluding diaryl/α,β-unsaturated/α-hetero) is 1. The van der Waals surface area contributed by atoms with Gasteiger partial charge in [0.05, 0.1) is 18.2 Å². The lowest BCUT2D eigenvalue weighted by Gasteiger charge is -2.27. The summed E-state index contributed by atoms with van der Waals surface area (Å²) in [5.74, 6) is -1.02. The lowest BCUT2D eigenvalue weighted by Crippen LogP contribution is -2.32. The van der Waals surface area contributed by atoms with Gasteiger partial charge in [-0.1, -0.05) is 28.1 Å². The van der Waals surface area contributed by atoms with Crippen LogP contribution in [0.1, 0.15) is 35.5 Å². The lowest BCUT2D eigenvalue weighted by atomic mass is 9.94. The van der Waals surface area contributed by atoms with Crippen molar-refractivity contribution in [1.82, 2.24) is 4.90 Å². The number of methoxy groups -OCH3 is 1. The molecule has 1 amide bonds.